The van der Waals surface area contributed by atoms with Crippen molar-refractivity contribution in [3.05, 3.63) is 70.8 Å². The molecule has 1 aromatic carbocycles. The first-order chi connectivity index (χ1) is 14.5. The van der Waals surface area contributed by atoms with Gasteiger partial charge in [0.25, 0.3) is 5.91 Å². The van der Waals surface area contributed by atoms with Crippen molar-refractivity contribution >= 4 is 17.8 Å². The molecule has 4 amide bonds. The molecule has 0 saturated carbocycles. The standard InChI is InChI=1S/C22H24N4O4/c1-3-26-17-12-25(13-18(27)23-11-16-5-4-10-30-16)21(28)19(17)20(24-22(26)29)15-8-6-14(2)7-9-15/h4-10,20H,3,11-13H2,1-2H3,(H,23,27)(H,24,29)/t20-/m1/s1. The van der Waals surface area contributed by atoms with Crippen LogP contribution in [0.15, 0.2) is 58.3 Å². The van der Waals surface area contributed by atoms with Crippen LogP contribution in [-0.4, -0.2) is 47.3 Å². The first-order valence-corrected chi connectivity index (χ1v) is 9.94. The third-order valence-electron chi connectivity index (χ3n) is 5.40. The monoisotopic (exact) mass is 408 g/mol. The van der Waals surface area contributed by atoms with E-state index in [0.29, 0.717) is 23.6 Å². The molecule has 4 rings (SSSR count). The summed E-state index contributed by atoms with van der Waals surface area (Å²) in [5.41, 5.74) is 3.13. The molecule has 2 N–H and O–H groups in total. The van der Waals surface area contributed by atoms with E-state index in [1.165, 1.54) is 11.2 Å². The van der Waals surface area contributed by atoms with Gasteiger partial charge in [-0.15, -0.1) is 0 Å². The van der Waals surface area contributed by atoms with Crippen LogP contribution >= 0.6 is 0 Å². The summed E-state index contributed by atoms with van der Waals surface area (Å²) >= 11 is 0. The molecule has 0 spiro atoms. The fourth-order valence-electron chi connectivity index (χ4n) is 3.85. The van der Waals surface area contributed by atoms with Crippen LogP contribution in [0.1, 0.15) is 29.9 Å². The van der Waals surface area contributed by atoms with Gasteiger partial charge in [0.15, 0.2) is 0 Å². The number of nitrogens with one attached hydrogen (secondary N) is 2. The smallest absolute Gasteiger partial charge is 0.322 e. The van der Waals surface area contributed by atoms with Gasteiger partial charge in [0.1, 0.15) is 12.3 Å². The summed E-state index contributed by atoms with van der Waals surface area (Å²) in [6, 6.07) is 10.5. The quantitative estimate of drug-likeness (QED) is 0.765. The van der Waals surface area contributed by atoms with Crippen molar-refractivity contribution in [2.45, 2.75) is 26.4 Å². The van der Waals surface area contributed by atoms with Crippen molar-refractivity contribution in [3.8, 4) is 0 Å². The number of carbonyl (C=O) groups is 3. The molecule has 2 aromatic rings. The number of nitrogens with zero attached hydrogens (tertiary/aromatic N) is 2. The second-order valence-electron chi connectivity index (χ2n) is 7.42. The van der Waals surface area contributed by atoms with E-state index in [-0.39, 0.29) is 37.5 Å². The first kappa shape index (κ1) is 19.8. The topological polar surface area (TPSA) is 94.9 Å². The number of rotatable bonds is 6. The van der Waals surface area contributed by atoms with Gasteiger partial charge < -0.3 is 20.0 Å². The van der Waals surface area contributed by atoms with E-state index in [1.54, 1.807) is 17.0 Å². The van der Waals surface area contributed by atoms with Crippen molar-refractivity contribution in [2.75, 3.05) is 19.6 Å². The second kappa shape index (κ2) is 8.06. The van der Waals surface area contributed by atoms with E-state index >= 15 is 0 Å². The van der Waals surface area contributed by atoms with Crippen molar-refractivity contribution in [1.82, 2.24) is 20.4 Å². The summed E-state index contributed by atoms with van der Waals surface area (Å²) < 4.78 is 5.21. The zero-order chi connectivity index (χ0) is 21.3. The van der Waals surface area contributed by atoms with E-state index < -0.39 is 6.04 Å². The second-order valence-corrected chi connectivity index (χ2v) is 7.42. The maximum absolute atomic E-state index is 13.2. The van der Waals surface area contributed by atoms with Crippen LogP contribution in [0.4, 0.5) is 4.79 Å². The minimum atomic E-state index is -0.528. The summed E-state index contributed by atoms with van der Waals surface area (Å²) in [5.74, 6) is 0.121. The summed E-state index contributed by atoms with van der Waals surface area (Å²) in [5, 5.41) is 5.70. The summed E-state index contributed by atoms with van der Waals surface area (Å²) in [4.78, 5) is 41.3. The van der Waals surface area contributed by atoms with Crippen molar-refractivity contribution in [2.24, 2.45) is 0 Å². The first-order valence-electron chi connectivity index (χ1n) is 9.94. The van der Waals surface area contributed by atoms with Gasteiger partial charge in [-0.05, 0) is 31.5 Å². The number of hydrogen-bond acceptors (Lipinski definition) is 4. The third-order valence-corrected chi connectivity index (χ3v) is 5.40. The van der Waals surface area contributed by atoms with Gasteiger partial charge in [-0.3, -0.25) is 14.5 Å². The lowest BCUT2D eigenvalue weighted by atomic mass is 9.95. The maximum Gasteiger partial charge on any atom is 0.322 e. The van der Waals surface area contributed by atoms with Crippen molar-refractivity contribution < 1.29 is 18.8 Å². The minimum absolute atomic E-state index is 0.0844. The van der Waals surface area contributed by atoms with E-state index in [2.05, 4.69) is 10.6 Å². The SMILES string of the molecule is CCN1C(=O)N[C@H](c2ccc(C)cc2)C2=C1CN(CC(=O)NCc1ccco1)C2=O. The zero-order valence-electron chi connectivity index (χ0n) is 17.0. The van der Waals surface area contributed by atoms with Crippen LogP contribution in [-0.2, 0) is 16.1 Å². The van der Waals surface area contributed by atoms with Gasteiger partial charge >= 0.3 is 6.03 Å². The molecule has 0 unspecified atom stereocenters. The molecule has 1 aromatic heterocycles. The molecular weight excluding hydrogens is 384 g/mol. The number of likely N-dealkylation sites (N-methyl/N-ethyl adjacent to an activating group) is 1. The Kier molecular flexibility index (Phi) is 5.31. The number of aryl methyl sites for hydroxylation is 1. The molecule has 1 atom stereocenters. The minimum Gasteiger partial charge on any atom is -0.467 e. The van der Waals surface area contributed by atoms with E-state index in [4.69, 9.17) is 4.42 Å². The number of furan rings is 1. The molecule has 3 heterocycles. The molecule has 30 heavy (non-hydrogen) atoms. The highest BCUT2D eigenvalue weighted by Gasteiger charge is 2.43. The van der Waals surface area contributed by atoms with E-state index in [1.807, 2.05) is 38.1 Å². The Morgan fingerprint density at radius 2 is 2.00 bits per heavy atom. The molecule has 0 aliphatic carbocycles. The number of benzene rings is 1. The van der Waals surface area contributed by atoms with Crippen LogP contribution < -0.4 is 10.6 Å². The fourth-order valence-corrected chi connectivity index (χ4v) is 3.85. The fraction of sp³-hybridized carbons (Fsp3) is 0.318. The number of carbonyl (C=O) groups excluding carboxylic acids is 3. The number of urea groups is 1. The van der Waals surface area contributed by atoms with Crippen LogP contribution in [0.25, 0.3) is 0 Å². The number of amides is 4. The van der Waals surface area contributed by atoms with Gasteiger partial charge in [0.05, 0.1) is 36.7 Å². The lowest BCUT2D eigenvalue weighted by Crippen LogP contribution is -2.47. The lowest BCUT2D eigenvalue weighted by molar-refractivity contribution is -0.132. The number of hydrogen-bond donors (Lipinski definition) is 2. The molecule has 2 aliphatic heterocycles. The van der Waals surface area contributed by atoms with Crippen LogP contribution in [0.5, 0.6) is 0 Å². The zero-order valence-corrected chi connectivity index (χ0v) is 17.0. The average molecular weight is 408 g/mol. The van der Waals surface area contributed by atoms with Crippen molar-refractivity contribution in [1.29, 1.82) is 0 Å². The van der Waals surface area contributed by atoms with Gasteiger partial charge in [-0.2, -0.15) is 0 Å². The van der Waals surface area contributed by atoms with E-state index in [9.17, 15) is 14.4 Å². The van der Waals surface area contributed by atoms with Crippen LogP contribution in [0.2, 0.25) is 0 Å². The van der Waals surface area contributed by atoms with Gasteiger partial charge in [0, 0.05) is 6.54 Å². The Morgan fingerprint density at radius 3 is 2.67 bits per heavy atom. The molecule has 0 saturated heterocycles. The third kappa shape index (κ3) is 3.68. The Balaban J connectivity index is 1.53. The predicted molar refractivity (Wildman–Crippen MR) is 109 cm³/mol. The molecule has 8 nitrogen and oxygen atoms in total. The average Bonchev–Trinajstić information content (AvgIpc) is 3.35. The van der Waals surface area contributed by atoms with Crippen molar-refractivity contribution in [3.63, 3.8) is 0 Å². The highest BCUT2D eigenvalue weighted by atomic mass is 16.3. The molecule has 0 fully saturated rings. The predicted octanol–water partition coefficient (Wildman–Crippen LogP) is 2.09. The molecule has 156 valence electrons. The molecular formula is C22H24N4O4. The highest BCUT2D eigenvalue weighted by Crippen LogP contribution is 2.36. The van der Waals surface area contributed by atoms with Crippen LogP contribution in [0, 0.1) is 6.92 Å². The summed E-state index contributed by atoms with van der Waals surface area (Å²) in [7, 11) is 0. The lowest BCUT2D eigenvalue weighted by Gasteiger charge is -2.32. The highest BCUT2D eigenvalue weighted by molar-refractivity contribution is 6.03. The summed E-state index contributed by atoms with van der Waals surface area (Å²) in [6.07, 6.45) is 1.54. The van der Waals surface area contributed by atoms with E-state index in [0.717, 1.165) is 11.1 Å². The van der Waals surface area contributed by atoms with Gasteiger partial charge in [0.2, 0.25) is 5.91 Å². The van der Waals surface area contributed by atoms with Crippen LogP contribution in [0.3, 0.4) is 0 Å². The Morgan fingerprint density at radius 1 is 1.23 bits per heavy atom. The molecule has 2 aliphatic rings. The maximum atomic E-state index is 13.2. The van der Waals surface area contributed by atoms with Gasteiger partial charge in [-0.25, -0.2) is 4.79 Å². The normalized spacial score (nSPS) is 18.5. The van der Waals surface area contributed by atoms with Gasteiger partial charge in [-0.1, -0.05) is 29.8 Å². The molecule has 0 bridgehead atoms. The summed E-state index contributed by atoms with van der Waals surface area (Å²) in [6.45, 7) is 4.69. The molecule has 0 radical (unpaired) electrons. The molecule has 8 heteroatoms. The Labute approximate surface area is 174 Å². The Hall–Kier alpha value is -3.55. The largest absolute Gasteiger partial charge is 0.467 e. The Bertz CT molecular complexity index is 995.